The van der Waals surface area contributed by atoms with Crippen LogP contribution in [0.5, 0.6) is 0 Å². The summed E-state index contributed by atoms with van der Waals surface area (Å²) >= 11 is 0. The van der Waals surface area contributed by atoms with E-state index < -0.39 is 15.5 Å². The van der Waals surface area contributed by atoms with Gasteiger partial charge in [-0.15, -0.1) is 0 Å². The Morgan fingerprint density at radius 2 is 2.26 bits per heavy atom. The second-order valence-corrected chi connectivity index (χ2v) is 5.49. The SMILES string of the molecule is Cc1noc(CCNS(=O)(=O)c2c[nH]ccc2=O)n1. The van der Waals surface area contributed by atoms with E-state index in [0.717, 1.165) is 12.3 Å². The van der Waals surface area contributed by atoms with Gasteiger partial charge in [0.15, 0.2) is 5.82 Å². The smallest absolute Gasteiger partial charge is 0.245 e. The van der Waals surface area contributed by atoms with Crippen LogP contribution in [0.2, 0.25) is 0 Å². The number of pyridine rings is 1. The Kier molecular flexibility index (Phi) is 3.76. The number of sulfonamides is 1. The first-order valence-electron chi connectivity index (χ1n) is 5.45. The Bertz CT molecular complexity index is 719. The summed E-state index contributed by atoms with van der Waals surface area (Å²) in [5.41, 5.74) is -0.570. The summed E-state index contributed by atoms with van der Waals surface area (Å²) in [7, 11) is -3.84. The predicted octanol–water partition coefficient (Wildman–Crippen LogP) is -0.413. The van der Waals surface area contributed by atoms with Crippen LogP contribution >= 0.6 is 0 Å². The fraction of sp³-hybridized carbons (Fsp3) is 0.300. The van der Waals surface area contributed by atoms with Gasteiger partial charge in [0.2, 0.25) is 21.3 Å². The van der Waals surface area contributed by atoms with Gasteiger partial charge in [0, 0.05) is 31.4 Å². The summed E-state index contributed by atoms with van der Waals surface area (Å²) in [5, 5.41) is 3.59. The molecule has 0 fully saturated rings. The molecule has 2 aromatic heterocycles. The second kappa shape index (κ2) is 5.33. The van der Waals surface area contributed by atoms with E-state index in [-0.39, 0.29) is 17.9 Å². The standard InChI is InChI=1S/C10H12N4O4S/c1-7-13-10(18-14-7)3-5-12-19(16,17)9-6-11-4-2-8(9)15/h2,4,6,12H,3,5H2,1H3,(H,11,15). The third kappa shape index (κ3) is 3.26. The van der Waals surface area contributed by atoms with Gasteiger partial charge in [0.05, 0.1) is 0 Å². The lowest BCUT2D eigenvalue weighted by molar-refractivity contribution is 0.375. The van der Waals surface area contributed by atoms with Gasteiger partial charge in [-0.3, -0.25) is 4.79 Å². The summed E-state index contributed by atoms with van der Waals surface area (Å²) in [6.45, 7) is 1.74. The first-order valence-corrected chi connectivity index (χ1v) is 6.93. The number of H-pyrrole nitrogens is 1. The largest absolute Gasteiger partial charge is 0.366 e. The molecule has 0 saturated heterocycles. The van der Waals surface area contributed by atoms with E-state index in [1.165, 1.54) is 6.20 Å². The average Bonchev–Trinajstić information content (AvgIpc) is 2.75. The maximum atomic E-state index is 11.9. The molecule has 2 N–H and O–H groups in total. The molecule has 0 saturated carbocycles. The zero-order valence-corrected chi connectivity index (χ0v) is 10.9. The monoisotopic (exact) mass is 284 g/mol. The Labute approximate surface area is 108 Å². The van der Waals surface area contributed by atoms with Crippen LogP contribution in [0, 0.1) is 6.92 Å². The number of nitrogens with zero attached hydrogens (tertiary/aromatic N) is 2. The molecule has 2 heterocycles. The normalized spacial score (nSPS) is 11.6. The van der Waals surface area contributed by atoms with Gasteiger partial charge in [0.25, 0.3) is 0 Å². The quantitative estimate of drug-likeness (QED) is 0.770. The molecule has 8 nitrogen and oxygen atoms in total. The molecular formula is C10H12N4O4S. The fourth-order valence-corrected chi connectivity index (χ4v) is 2.50. The van der Waals surface area contributed by atoms with Crippen molar-refractivity contribution in [2.75, 3.05) is 6.54 Å². The van der Waals surface area contributed by atoms with Crippen molar-refractivity contribution in [3.8, 4) is 0 Å². The lowest BCUT2D eigenvalue weighted by Gasteiger charge is -2.03. The van der Waals surface area contributed by atoms with E-state index in [9.17, 15) is 13.2 Å². The Hall–Kier alpha value is -2.00. The van der Waals surface area contributed by atoms with Gasteiger partial charge in [-0.05, 0) is 6.92 Å². The third-order valence-corrected chi connectivity index (χ3v) is 3.76. The van der Waals surface area contributed by atoms with Crippen LogP contribution < -0.4 is 10.2 Å². The number of hydrogen-bond donors (Lipinski definition) is 2. The van der Waals surface area contributed by atoms with Crippen LogP contribution in [0.15, 0.2) is 32.7 Å². The Balaban J connectivity index is 2.03. The third-order valence-electron chi connectivity index (χ3n) is 2.28. The minimum Gasteiger partial charge on any atom is -0.366 e. The maximum absolute atomic E-state index is 11.9. The van der Waals surface area contributed by atoms with Crippen molar-refractivity contribution in [2.24, 2.45) is 0 Å². The number of rotatable bonds is 5. The lowest BCUT2D eigenvalue weighted by Crippen LogP contribution is -2.30. The number of aromatic nitrogens is 3. The summed E-state index contributed by atoms with van der Waals surface area (Å²) in [4.78, 5) is 17.6. The minimum atomic E-state index is -3.84. The van der Waals surface area contributed by atoms with Crippen molar-refractivity contribution in [1.82, 2.24) is 19.8 Å². The van der Waals surface area contributed by atoms with Crippen LogP contribution in [-0.2, 0) is 16.4 Å². The van der Waals surface area contributed by atoms with Gasteiger partial charge in [-0.2, -0.15) is 4.98 Å². The molecule has 102 valence electrons. The van der Waals surface area contributed by atoms with E-state index in [2.05, 4.69) is 19.8 Å². The molecule has 0 aromatic carbocycles. The van der Waals surface area contributed by atoms with E-state index >= 15 is 0 Å². The molecule has 0 aliphatic carbocycles. The van der Waals surface area contributed by atoms with E-state index in [0.29, 0.717) is 11.7 Å². The number of nitrogens with one attached hydrogen (secondary N) is 2. The molecule has 0 unspecified atom stereocenters. The van der Waals surface area contributed by atoms with Gasteiger partial charge in [-0.25, -0.2) is 13.1 Å². The zero-order valence-electron chi connectivity index (χ0n) is 10.1. The molecule has 2 aromatic rings. The van der Waals surface area contributed by atoms with Crippen molar-refractivity contribution < 1.29 is 12.9 Å². The van der Waals surface area contributed by atoms with Gasteiger partial charge >= 0.3 is 0 Å². The maximum Gasteiger partial charge on any atom is 0.245 e. The topological polar surface area (TPSA) is 118 Å². The predicted molar refractivity (Wildman–Crippen MR) is 65.0 cm³/mol. The fourth-order valence-electron chi connectivity index (χ4n) is 1.42. The summed E-state index contributed by atoms with van der Waals surface area (Å²) in [6, 6.07) is 1.15. The van der Waals surface area contributed by atoms with Gasteiger partial charge < -0.3 is 9.51 Å². The molecule has 0 aliphatic rings. The van der Waals surface area contributed by atoms with Gasteiger partial charge in [0.1, 0.15) is 4.90 Å². The molecule has 0 radical (unpaired) electrons. The first-order chi connectivity index (χ1) is 8.99. The van der Waals surface area contributed by atoms with Crippen molar-refractivity contribution in [1.29, 1.82) is 0 Å². The van der Waals surface area contributed by atoms with Crippen LogP contribution in [0.25, 0.3) is 0 Å². The van der Waals surface area contributed by atoms with Crippen molar-refractivity contribution in [2.45, 2.75) is 18.2 Å². The summed E-state index contributed by atoms with van der Waals surface area (Å²) < 4.78 is 30.8. The zero-order chi connectivity index (χ0) is 13.9. The molecule has 0 aliphatic heterocycles. The summed E-state index contributed by atoms with van der Waals surface area (Å²) in [5.74, 6) is 0.819. The van der Waals surface area contributed by atoms with E-state index in [1.54, 1.807) is 6.92 Å². The van der Waals surface area contributed by atoms with Crippen LogP contribution in [0.3, 0.4) is 0 Å². The molecule has 19 heavy (non-hydrogen) atoms. The Morgan fingerprint density at radius 1 is 1.47 bits per heavy atom. The highest BCUT2D eigenvalue weighted by Crippen LogP contribution is 2.01. The molecule has 2 rings (SSSR count). The average molecular weight is 284 g/mol. The van der Waals surface area contributed by atoms with E-state index in [1.807, 2.05) is 0 Å². The minimum absolute atomic E-state index is 0.0678. The van der Waals surface area contributed by atoms with Crippen molar-refractivity contribution >= 4 is 10.0 Å². The molecule has 0 atom stereocenters. The van der Waals surface area contributed by atoms with Crippen LogP contribution in [0.1, 0.15) is 11.7 Å². The van der Waals surface area contributed by atoms with Crippen LogP contribution in [0.4, 0.5) is 0 Å². The molecule has 9 heteroatoms. The van der Waals surface area contributed by atoms with Gasteiger partial charge in [-0.1, -0.05) is 5.16 Å². The highest BCUT2D eigenvalue weighted by Gasteiger charge is 2.17. The second-order valence-electron chi connectivity index (χ2n) is 3.76. The lowest BCUT2D eigenvalue weighted by atomic mass is 10.4. The summed E-state index contributed by atoms with van der Waals surface area (Å²) in [6.07, 6.45) is 2.76. The number of aromatic amines is 1. The molecule has 0 amide bonds. The highest BCUT2D eigenvalue weighted by molar-refractivity contribution is 7.89. The van der Waals surface area contributed by atoms with Crippen LogP contribution in [-0.4, -0.2) is 30.1 Å². The van der Waals surface area contributed by atoms with Crippen molar-refractivity contribution in [3.05, 3.63) is 40.4 Å². The molecule has 0 spiro atoms. The number of aryl methyl sites for hydroxylation is 1. The number of hydrogen-bond acceptors (Lipinski definition) is 6. The first kappa shape index (κ1) is 13.4. The van der Waals surface area contributed by atoms with E-state index in [4.69, 9.17) is 4.52 Å². The molecule has 0 bridgehead atoms. The highest BCUT2D eigenvalue weighted by atomic mass is 32.2. The van der Waals surface area contributed by atoms with Crippen molar-refractivity contribution in [3.63, 3.8) is 0 Å². The Morgan fingerprint density at radius 3 is 2.89 bits per heavy atom. The molecular weight excluding hydrogens is 272 g/mol.